The molecule has 0 aliphatic heterocycles. The summed E-state index contributed by atoms with van der Waals surface area (Å²) in [5, 5.41) is 0. The van der Waals surface area contributed by atoms with Gasteiger partial charge in [-0.15, -0.1) is 0 Å². The van der Waals surface area contributed by atoms with Crippen molar-refractivity contribution >= 4 is 8.58 Å². The van der Waals surface area contributed by atoms with E-state index in [1.54, 1.807) is 0 Å². The maximum Gasteiger partial charge on any atom is -0.0250 e. The van der Waals surface area contributed by atoms with Crippen molar-refractivity contribution in [2.75, 3.05) is 6.16 Å². The first-order valence-corrected chi connectivity index (χ1v) is 4.34. The van der Waals surface area contributed by atoms with Crippen LogP contribution >= 0.6 is 8.58 Å². The summed E-state index contributed by atoms with van der Waals surface area (Å²) < 4.78 is 0. The molecule has 1 heteroatoms. The van der Waals surface area contributed by atoms with Crippen LogP contribution in [-0.2, 0) is 0 Å². The fraction of sp³-hybridized carbons (Fsp3) is 0.714. The second kappa shape index (κ2) is 7.17. The molecule has 0 nitrogen and oxygen atoms in total. The summed E-state index contributed by atoms with van der Waals surface area (Å²) in [6.45, 7) is 4.30. The smallest absolute Gasteiger partial charge is 0.0250 e. The van der Waals surface area contributed by atoms with Crippen LogP contribution in [0.15, 0.2) is 11.9 Å². The molecule has 0 amide bonds. The summed E-state index contributed by atoms with van der Waals surface area (Å²) in [6, 6.07) is 0. The molecule has 0 aliphatic carbocycles. The van der Waals surface area contributed by atoms with Gasteiger partial charge in [-0.25, -0.2) is 0 Å². The van der Waals surface area contributed by atoms with E-state index in [1.165, 1.54) is 27.6 Å². The minimum atomic E-state index is 1.32. The minimum Gasteiger partial charge on any atom is -0.0868 e. The highest BCUT2D eigenvalue weighted by Gasteiger charge is 1.79. The average Bonchev–Trinajstić information content (AvgIpc) is 1.81. The molecule has 0 aromatic rings. The van der Waals surface area contributed by atoms with Gasteiger partial charge in [0.15, 0.2) is 0 Å². The molecule has 0 saturated heterocycles. The number of unbranched alkanes of at least 4 members (excludes halogenated alkanes) is 1. The van der Waals surface area contributed by atoms with Gasteiger partial charge in [0.25, 0.3) is 0 Å². The van der Waals surface area contributed by atoms with Gasteiger partial charge in [-0.1, -0.05) is 33.8 Å². The molecule has 0 N–H and O–H groups in total. The van der Waals surface area contributed by atoms with Crippen LogP contribution < -0.4 is 0 Å². The van der Waals surface area contributed by atoms with Crippen molar-refractivity contribution in [1.82, 2.24) is 0 Å². The molecule has 0 aliphatic rings. The predicted octanol–water partition coefficient (Wildman–Crippen LogP) is 3.27. The molecule has 0 heterocycles. The van der Waals surface area contributed by atoms with E-state index in [4.69, 9.17) is 0 Å². The molecule has 0 fully saturated rings. The van der Waals surface area contributed by atoms with Crippen molar-refractivity contribution in [3.8, 4) is 0 Å². The molecule has 8 heavy (non-hydrogen) atoms. The van der Waals surface area contributed by atoms with Gasteiger partial charge in [-0.3, -0.25) is 0 Å². The standard InChI is InChI=1S/C7H14P/c1-3-5-7-8-6-4-2/h4,6H,3,5,7H2,1-2H3/b6-4-. The lowest BCUT2D eigenvalue weighted by atomic mass is 10.4. The Bertz CT molecular complexity index is 57.4. The molecule has 47 valence electrons. The second-order valence-electron chi connectivity index (χ2n) is 1.74. The van der Waals surface area contributed by atoms with E-state index in [9.17, 15) is 0 Å². The molecule has 0 spiro atoms. The molecule has 0 aromatic carbocycles. The largest absolute Gasteiger partial charge is 0.0868 e. The van der Waals surface area contributed by atoms with Gasteiger partial charge in [0.2, 0.25) is 0 Å². The van der Waals surface area contributed by atoms with Gasteiger partial charge in [-0.05, 0) is 19.5 Å². The second-order valence-corrected chi connectivity index (χ2v) is 2.85. The lowest BCUT2D eigenvalue weighted by molar-refractivity contribution is 0.895. The van der Waals surface area contributed by atoms with Crippen LogP contribution in [0.3, 0.4) is 0 Å². The fourth-order valence-corrected chi connectivity index (χ4v) is 1.29. The third kappa shape index (κ3) is 6.17. The fourth-order valence-electron chi connectivity index (χ4n) is 0.429. The van der Waals surface area contributed by atoms with Crippen molar-refractivity contribution < 1.29 is 0 Å². The minimum absolute atomic E-state index is 1.32. The Kier molecular flexibility index (Phi) is 7.32. The van der Waals surface area contributed by atoms with Gasteiger partial charge >= 0.3 is 0 Å². The topological polar surface area (TPSA) is 0 Å². The number of allylic oxidation sites excluding steroid dienone is 1. The van der Waals surface area contributed by atoms with E-state index in [0.29, 0.717) is 0 Å². The first-order valence-electron chi connectivity index (χ1n) is 3.19. The molecular weight excluding hydrogens is 115 g/mol. The third-order valence-corrected chi connectivity index (χ3v) is 1.98. The van der Waals surface area contributed by atoms with Crippen LogP contribution in [0.25, 0.3) is 0 Å². The van der Waals surface area contributed by atoms with Crippen LogP contribution in [0.1, 0.15) is 26.7 Å². The summed E-state index contributed by atoms with van der Waals surface area (Å²) in [5.74, 6) is 2.20. The highest BCUT2D eigenvalue weighted by atomic mass is 31.1. The Morgan fingerprint density at radius 2 is 2.25 bits per heavy atom. The van der Waals surface area contributed by atoms with Gasteiger partial charge < -0.3 is 0 Å². The summed E-state index contributed by atoms with van der Waals surface area (Å²) in [7, 11) is 1.48. The molecule has 0 rings (SSSR count). The molecule has 1 radical (unpaired) electrons. The van der Waals surface area contributed by atoms with Crippen molar-refractivity contribution in [3.05, 3.63) is 11.9 Å². The van der Waals surface area contributed by atoms with Crippen LogP contribution in [0.4, 0.5) is 0 Å². The van der Waals surface area contributed by atoms with E-state index >= 15 is 0 Å². The first-order chi connectivity index (χ1) is 3.91. The number of rotatable bonds is 4. The molecule has 0 aromatic heterocycles. The number of hydrogen-bond donors (Lipinski definition) is 0. The Balaban J connectivity index is 2.72. The van der Waals surface area contributed by atoms with Gasteiger partial charge in [-0.2, -0.15) is 0 Å². The predicted molar refractivity (Wildman–Crippen MR) is 41.5 cm³/mol. The SMILES string of the molecule is C/C=C\[P]CCCC. The Labute approximate surface area is 54.2 Å². The lowest BCUT2D eigenvalue weighted by Gasteiger charge is -1.88. The van der Waals surface area contributed by atoms with Crippen molar-refractivity contribution in [1.29, 1.82) is 0 Å². The van der Waals surface area contributed by atoms with E-state index in [-0.39, 0.29) is 0 Å². The van der Waals surface area contributed by atoms with Crippen LogP contribution in [-0.4, -0.2) is 6.16 Å². The average molecular weight is 129 g/mol. The van der Waals surface area contributed by atoms with Crippen molar-refractivity contribution in [3.63, 3.8) is 0 Å². The van der Waals surface area contributed by atoms with Crippen LogP contribution in [0.5, 0.6) is 0 Å². The zero-order valence-electron chi connectivity index (χ0n) is 5.72. The molecule has 0 bridgehead atoms. The highest BCUT2D eigenvalue weighted by Crippen LogP contribution is 2.12. The van der Waals surface area contributed by atoms with Gasteiger partial charge in [0.05, 0.1) is 0 Å². The maximum atomic E-state index is 2.23. The molecule has 0 atom stereocenters. The number of hydrogen-bond acceptors (Lipinski definition) is 0. The van der Waals surface area contributed by atoms with Crippen molar-refractivity contribution in [2.24, 2.45) is 0 Å². The zero-order valence-corrected chi connectivity index (χ0v) is 6.62. The first kappa shape index (κ1) is 8.17. The zero-order chi connectivity index (χ0) is 6.24. The van der Waals surface area contributed by atoms with E-state index < -0.39 is 0 Å². The lowest BCUT2D eigenvalue weighted by Crippen LogP contribution is -1.69. The molecule has 0 unspecified atom stereocenters. The van der Waals surface area contributed by atoms with Crippen molar-refractivity contribution in [2.45, 2.75) is 26.7 Å². The Hall–Kier alpha value is 0.170. The quantitative estimate of drug-likeness (QED) is 0.403. The van der Waals surface area contributed by atoms with Gasteiger partial charge in [0.1, 0.15) is 0 Å². The van der Waals surface area contributed by atoms with Gasteiger partial charge in [0, 0.05) is 0 Å². The van der Waals surface area contributed by atoms with Crippen LogP contribution in [0.2, 0.25) is 0 Å². The summed E-state index contributed by atoms with van der Waals surface area (Å²) in [5.41, 5.74) is 0. The van der Waals surface area contributed by atoms with E-state index in [1.807, 2.05) is 0 Å². The summed E-state index contributed by atoms with van der Waals surface area (Å²) in [6.07, 6.45) is 6.13. The third-order valence-electron chi connectivity index (χ3n) is 0.895. The maximum absolute atomic E-state index is 2.23. The normalized spacial score (nSPS) is 12.2. The summed E-state index contributed by atoms with van der Waals surface area (Å²) in [4.78, 5) is 0. The highest BCUT2D eigenvalue weighted by molar-refractivity contribution is 7.41. The monoisotopic (exact) mass is 129 g/mol. The molecular formula is C7H14P. The van der Waals surface area contributed by atoms with E-state index in [2.05, 4.69) is 25.7 Å². The van der Waals surface area contributed by atoms with E-state index in [0.717, 1.165) is 0 Å². The summed E-state index contributed by atoms with van der Waals surface area (Å²) >= 11 is 0. The Morgan fingerprint density at radius 3 is 2.75 bits per heavy atom. The molecule has 0 saturated carbocycles. The van der Waals surface area contributed by atoms with Crippen LogP contribution in [0, 0.1) is 0 Å². The Morgan fingerprint density at radius 1 is 1.50 bits per heavy atom.